The van der Waals surface area contributed by atoms with Crippen LogP contribution in [0.2, 0.25) is 0 Å². The summed E-state index contributed by atoms with van der Waals surface area (Å²) in [6.07, 6.45) is -1.01. The fourth-order valence-corrected chi connectivity index (χ4v) is 1.72. The topological polar surface area (TPSA) is 67.8 Å². The standard InChI is InChI=1S/C12H15NO4/c1-12(2,6-13-11(14)15)8-3-4-9-10(5-8)17-7-16-9/h3-5,13H,6-7H2,1-2H3,(H,14,15). The molecule has 1 amide bonds. The second-order valence-corrected chi connectivity index (χ2v) is 4.61. The van der Waals surface area contributed by atoms with Crippen molar-refractivity contribution in [2.45, 2.75) is 19.3 Å². The van der Waals surface area contributed by atoms with Crippen molar-refractivity contribution >= 4 is 6.09 Å². The van der Waals surface area contributed by atoms with E-state index in [0.29, 0.717) is 12.3 Å². The van der Waals surface area contributed by atoms with Gasteiger partial charge in [-0.25, -0.2) is 4.79 Å². The molecule has 0 saturated carbocycles. The van der Waals surface area contributed by atoms with Gasteiger partial charge in [0.15, 0.2) is 11.5 Å². The molecule has 92 valence electrons. The first-order valence-electron chi connectivity index (χ1n) is 5.36. The van der Waals surface area contributed by atoms with E-state index >= 15 is 0 Å². The van der Waals surface area contributed by atoms with Crippen LogP contribution in [0, 0.1) is 0 Å². The number of amides is 1. The zero-order valence-electron chi connectivity index (χ0n) is 9.82. The quantitative estimate of drug-likeness (QED) is 0.843. The second kappa shape index (κ2) is 4.16. The molecule has 0 radical (unpaired) electrons. The maximum absolute atomic E-state index is 10.5. The predicted octanol–water partition coefficient (Wildman–Crippen LogP) is 1.96. The maximum atomic E-state index is 10.5. The van der Waals surface area contributed by atoms with Crippen LogP contribution in [0.3, 0.4) is 0 Å². The van der Waals surface area contributed by atoms with E-state index < -0.39 is 6.09 Å². The molecule has 1 aliphatic heterocycles. The van der Waals surface area contributed by atoms with Crippen molar-refractivity contribution in [1.82, 2.24) is 5.32 Å². The summed E-state index contributed by atoms with van der Waals surface area (Å²) in [6, 6.07) is 5.67. The van der Waals surface area contributed by atoms with Gasteiger partial charge in [-0.2, -0.15) is 0 Å². The SMILES string of the molecule is CC(C)(CNC(=O)O)c1ccc2c(c1)OCO2. The van der Waals surface area contributed by atoms with Crippen LogP contribution in [0.15, 0.2) is 18.2 Å². The molecule has 0 aliphatic carbocycles. The first-order chi connectivity index (χ1) is 7.99. The van der Waals surface area contributed by atoms with E-state index in [2.05, 4.69) is 5.32 Å². The van der Waals surface area contributed by atoms with Crippen LogP contribution in [0.25, 0.3) is 0 Å². The number of carboxylic acid groups (broad SMARTS) is 1. The lowest BCUT2D eigenvalue weighted by atomic mass is 9.84. The number of benzene rings is 1. The number of nitrogens with one attached hydrogen (secondary N) is 1. The van der Waals surface area contributed by atoms with Crippen molar-refractivity contribution < 1.29 is 19.4 Å². The van der Waals surface area contributed by atoms with Gasteiger partial charge in [0.05, 0.1) is 0 Å². The van der Waals surface area contributed by atoms with E-state index in [1.807, 2.05) is 32.0 Å². The number of rotatable bonds is 3. The molecular weight excluding hydrogens is 222 g/mol. The highest BCUT2D eigenvalue weighted by Gasteiger charge is 2.24. The fraction of sp³-hybridized carbons (Fsp3) is 0.417. The molecule has 1 aliphatic rings. The van der Waals surface area contributed by atoms with Gasteiger partial charge in [-0.05, 0) is 17.7 Å². The number of fused-ring (bicyclic) bond motifs is 1. The van der Waals surface area contributed by atoms with Gasteiger partial charge >= 0.3 is 6.09 Å². The lowest BCUT2D eigenvalue weighted by molar-refractivity contribution is 0.174. The molecule has 2 rings (SSSR count). The molecule has 0 unspecified atom stereocenters. The Morgan fingerprint density at radius 1 is 1.41 bits per heavy atom. The van der Waals surface area contributed by atoms with Crippen LogP contribution in [0.1, 0.15) is 19.4 Å². The highest BCUT2D eigenvalue weighted by atomic mass is 16.7. The zero-order valence-corrected chi connectivity index (χ0v) is 9.82. The summed E-state index contributed by atoms with van der Waals surface area (Å²) in [4.78, 5) is 10.5. The van der Waals surface area contributed by atoms with Crippen molar-refractivity contribution in [3.8, 4) is 11.5 Å². The molecule has 0 saturated heterocycles. The Hall–Kier alpha value is -1.91. The molecule has 1 heterocycles. The van der Waals surface area contributed by atoms with Crippen LogP contribution in [-0.2, 0) is 5.41 Å². The van der Waals surface area contributed by atoms with Crippen LogP contribution >= 0.6 is 0 Å². The Bertz CT molecular complexity index is 442. The number of hydrogen-bond donors (Lipinski definition) is 2. The summed E-state index contributed by atoms with van der Waals surface area (Å²) in [6.45, 7) is 4.54. The Kier molecular flexibility index (Phi) is 2.83. The van der Waals surface area contributed by atoms with Gasteiger partial charge in [-0.15, -0.1) is 0 Å². The fourth-order valence-electron chi connectivity index (χ4n) is 1.72. The van der Waals surface area contributed by atoms with Crippen LogP contribution in [0.4, 0.5) is 4.79 Å². The average Bonchev–Trinajstić information content (AvgIpc) is 2.73. The molecule has 0 atom stereocenters. The van der Waals surface area contributed by atoms with Crippen LogP contribution in [-0.4, -0.2) is 24.5 Å². The van der Waals surface area contributed by atoms with Crippen molar-refractivity contribution in [2.75, 3.05) is 13.3 Å². The third-order valence-electron chi connectivity index (χ3n) is 2.84. The number of carbonyl (C=O) groups is 1. The minimum absolute atomic E-state index is 0.243. The number of ether oxygens (including phenoxy) is 2. The Morgan fingerprint density at radius 3 is 2.82 bits per heavy atom. The Balaban J connectivity index is 2.18. The monoisotopic (exact) mass is 237 g/mol. The van der Waals surface area contributed by atoms with Gasteiger partial charge in [0.1, 0.15) is 0 Å². The average molecular weight is 237 g/mol. The maximum Gasteiger partial charge on any atom is 0.404 e. The summed E-state index contributed by atoms with van der Waals surface area (Å²) in [5, 5.41) is 11.0. The number of hydrogen-bond acceptors (Lipinski definition) is 3. The highest BCUT2D eigenvalue weighted by molar-refractivity contribution is 5.64. The van der Waals surface area contributed by atoms with Gasteiger partial charge in [-0.3, -0.25) is 0 Å². The van der Waals surface area contributed by atoms with E-state index in [9.17, 15) is 4.79 Å². The molecule has 2 N–H and O–H groups in total. The summed E-state index contributed by atoms with van der Waals surface area (Å²) in [5.74, 6) is 1.45. The zero-order chi connectivity index (χ0) is 12.5. The summed E-state index contributed by atoms with van der Waals surface area (Å²) in [5.41, 5.74) is 0.717. The van der Waals surface area contributed by atoms with Gasteiger partial charge in [-0.1, -0.05) is 19.9 Å². The third-order valence-corrected chi connectivity index (χ3v) is 2.84. The minimum atomic E-state index is -1.01. The van der Waals surface area contributed by atoms with E-state index in [0.717, 1.165) is 11.3 Å². The van der Waals surface area contributed by atoms with Gasteiger partial charge < -0.3 is 19.9 Å². The minimum Gasteiger partial charge on any atom is -0.465 e. The molecule has 0 fully saturated rings. The molecule has 17 heavy (non-hydrogen) atoms. The summed E-state index contributed by atoms with van der Waals surface area (Å²) < 4.78 is 10.5. The molecule has 0 spiro atoms. The van der Waals surface area contributed by atoms with Gasteiger partial charge in [0.2, 0.25) is 6.79 Å². The smallest absolute Gasteiger partial charge is 0.404 e. The lowest BCUT2D eigenvalue weighted by Crippen LogP contribution is -2.35. The molecule has 1 aromatic rings. The lowest BCUT2D eigenvalue weighted by Gasteiger charge is -2.25. The van der Waals surface area contributed by atoms with Crippen molar-refractivity contribution in [2.24, 2.45) is 0 Å². The summed E-state index contributed by atoms with van der Waals surface area (Å²) in [7, 11) is 0. The van der Waals surface area contributed by atoms with Gasteiger partial charge in [0, 0.05) is 12.0 Å². The van der Waals surface area contributed by atoms with Gasteiger partial charge in [0.25, 0.3) is 0 Å². The largest absolute Gasteiger partial charge is 0.465 e. The van der Waals surface area contributed by atoms with Crippen molar-refractivity contribution in [3.05, 3.63) is 23.8 Å². The second-order valence-electron chi connectivity index (χ2n) is 4.61. The Morgan fingerprint density at radius 2 is 2.12 bits per heavy atom. The third kappa shape index (κ3) is 2.43. The van der Waals surface area contributed by atoms with Crippen molar-refractivity contribution in [3.63, 3.8) is 0 Å². The normalized spacial score (nSPS) is 13.5. The predicted molar refractivity (Wildman–Crippen MR) is 61.6 cm³/mol. The van der Waals surface area contributed by atoms with E-state index in [1.54, 1.807) is 0 Å². The highest BCUT2D eigenvalue weighted by Crippen LogP contribution is 2.36. The Labute approximate surface area is 99.3 Å². The first-order valence-corrected chi connectivity index (χ1v) is 5.36. The first kappa shape index (κ1) is 11.6. The van der Waals surface area contributed by atoms with E-state index in [1.165, 1.54) is 0 Å². The molecular formula is C12H15NO4. The molecule has 0 bridgehead atoms. The van der Waals surface area contributed by atoms with Crippen LogP contribution < -0.4 is 14.8 Å². The van der Waals surface area contributed by atoms with Crippen molar-refractivity contribution in [1.29, 1.82) is 0 Å². The molecule has 0 aromatic heterocycles. The van der Waals surface area contributed by atoms with E-state index in [4.69, 9.17) is 14.6 Å². The summed E-state index contributed by atoms with van der Waals surface area (Å²) >= 11 is 0. The molecule has 1 aromatic carbocycles. The molecule has 5 heteroatoms. The van der Waals surface area contributed by atoms with E-state index in [-0.39, 0.29) is 12.2 Å². The molecule has 5 nitrogen and oxygen atoms in total. The van der Waals surface area contributed by atoms with Crippen LogP contribution in [0.5, 0.6) is 11.5 Å².